The summed E-state index contributed by atoms with van der Waals surface area (Å²) in [6.45, 7) is 5.66. The Balaban J connectivity index is 1.63. The summed E-state index contributed by atoms with van der Waals surface area (Å²) in [7, 11) is 3.21. The van der Waals surface area contributed by atoms with Crippen LogP contribution in [-0.4, -0.2) is 39.6 Å². The van der Waals surface area contributed by atoms with Gasteiger partial charge in [-0.05, 0) is 80.1 Å². The quantitative estimate of drug-likeness (QED) is 0.0898. The summed E-state index contributed by atoms with van der Waals surface area (Å²) in [5, 5.41) is 22.2. The molecule has 1 amide bonds. The van der Waals surface area contributed by atoms with Crippen LogP contribution < -0.4 is 29.7 Å². The number of carbonyl (C=O) groups excluding carboxylic acids is 1. The highest BCUT2D eigenvalue weighted by Gasteiger charge is 2.28. The van der Waals surface area contributed by atoms with Crippen molar-refractivity contribution >= 4 is 40.7 Å². The fraction of sp³-hybridized carbons (Fsp3) is 0.188. The topological polar surface area (TPSA) is 121 Å². The van der Waals surface area contributed by atoms with E-state index in [4.69, 9.17) is 19.6 Å². The molecule has 0 saturated carbocycles. The summed E-state index contributed by atoms with van der Waals surface area (Å²) in [5.41, 5.74) is 5.43. The van der Waals surface area contributed by atoms with E-state index in [1.54, 1.807) is 38.5 Å². The molecule has 0 saturated heterocycles. The van der Waals surface area contributed by atoms with Crippen molar-refractivity contribution in [3.8, 4) is 34.1 Å². The van der Waals surface area contributed by atoms with Crippen molar-refractivity contribution < 1.29 is 19.0 Å². The van der Waals surface area contributed by atoms with Gasteiger partial charge in [0, 0.05) is 24.2 Å². The number of rotatable bonds is 10. The Kier molecular flexibility index (Phi) is 8.33. The maximum Gasteiger partial charge on any atom is 0.255 e. The van der Waals surface area contributed by atoms with Gasteiger partial charge in [0.1, 0.15) is 29.2 Å². The molecule has 0 aromatic heterocycles. The van der Waals surface area contributed by atoms with Gasteiger partial charge in [0.25, 0.3) is 5.91 Å². The van der Waals surface area contributed by atoms with Gasteiger partial charge >= 0.3 is 0 Å². The van der Waals surface area contributed by atoms with Crippen molar-refractivity contribution in [1.29, 1.82) is 5.41 Å². The zero-order chi connectivity index (χ0) is 29.6. The lowest BCUT2D eigenvalue weighted by atomic mass is 10.00. The lowest BCUT2D eigenvalue weighted by Crippen LogP contribution is -2.22. The summed E-state index contributed by atoms with van der Waals surface area (Å²) >= 11 is 0. The molecular formula is C32H32N6O4. The van der Waals surface area contributed by atoms with Gasteiger partial charge in [-0.3, -0.25) is 10.2 Å². The lowest BCUT2D eigenvalue weighted by molar-refractivity contribution is 0.102. The number of benzene rings is 4. The molecule has 0 radical (unpaired) electrons. The van der Waals surface area contributed by atoms with E-state index in [0.717, 1.165) is 42.0 Å². The van der Waals surface area contributed by atoms with E-state index in [9.17, 15) is 4.79 Å². The minimum Gasteiger partial charge on any atom is -0.497 e. The van der Waals surface area contributed by atoms with E-state index in [0.29, 0.717) is 45.6 Å². The van der Waals surface area contributed by atoms with E-state index in [-0.39, 0.29) is 5.91 Å². The second kappa shape index (κ2) is 12.4. The Bertz CT molecular complexity index is 1630. The molecule has 4 aromatic carbocycles. The number of anilines is 4. The van der Waals surface area contributed by atoms with Crippen LogP contribution in [0.2, 0.25) is 0 Å². The normalized spacial score (nSPS) is 11.5. The zero-order valence-corrected chi connectivity index (χ0v) is 23.9. The van der Waals surface area contributed by atoms with Crippen molar-refractivity contribution in [2.45, 2.75) is 13.8 Å². The minimum absolute atomic E-state index is 0.288. The molecule has 0 bridgehead atoms. The molecule has 4 aromatic rings. The number of hydrogen-bond acceptors (Lipinski definition) is 8. The van der Waals surface area contributed by atoms with Crippen LogP contribution in [0, 0.1) is 5.41 Å². The Hall–Kier alpha value is -5.38. The molecule has 1 aliphatic heterocycles. The summed E-state index contributed by atoms with van der Waals surface area (Å²) in [5.74, 6) is 2.09. The predicted molar refractivity (Wildman–Crippen MR) is 166 cm³/mol. The number of hydrogen-bond donors (Lipinski definition) is 3. The Labute approximate surface area is 244 Å². The predicted octanol–water partition coefficient (Wildman–Crippen LogP) is 8.01. The molecule has 1 heterocycles. The number of ether oxygens (including phenoxy) is 3. The first kappa shape index (κ1) is 28.2. The molecule has 10 heteroatoms. The average Bonchev–Trinajstić information content (AvgIpc) is 3.04. The van der Waals surface area contributed by atoms with Crippen molar-refractivity contribution in [2.24, 2.45) is 10.2 Å². The van der Waals surface area contributed by atoms with Crippen LogP contribution in [0.15, 0.2) is 83.0 Å². The van der Waals surface area contributed by atoms with Crippen LogP contribution in [0.1, 0.15) is 24.2 Å². The number of fused-ring (bicyclic) bond motifs is 2. The number of methoxy groups -OCH3 is 2. The molecule has 0 aliphatic carbocycles. The van der Waals surface area contributed by atoms with Gasteiger partial charge in [-0.2, -0.15) is 0 Å². The minimum atomic E-state index is -0.288. The lowest BCUT2D eigenvalue weighted by Gasteiger charge is -2.30. The van der Waals surface area contributed by atoms with E-state index >= 15 is 0 Å². The third-order valence-corrected chi connectivity index (χ3v) is 7.06. The molecule has 0 unspecified atom stereocenters. The van der Waals surface area contributed by atoms with Gasteiger partial charge in [-0.15, -0.1) is 10.2 Å². The number of amides is 1. The van der Waals surface area contributed by atoms with Gasteiger partial charge in [0.05, 0.1) is 31.3 Å². The van der Waals surface area contributed by atoms with E-state index < -0.39 is 0 Å². The van der Waals surface area contributed by atoms with Crippen LogP contribution >= 0.6 is 0 Å². The Morgan fingerprint density at radius 1 is 0.929 bits per heavy atom. The maximum atomic E-state index is 13.2. The summed E-state index contributed by atoms with van der Waals surface area (Å²) in [6.07, 6.45) is 0.901. The largest absolute Gasteiger partial charge is 0.497 e. The smallest absolute Gasteiger partial charge is 0.255 e. The van der Waals surface area contributed by atoms with E-state index in [2.05, 4.69) is 39.6 Å². The average molecular weight is 565 g/mol. The Morgan fingerprint density at radius 2 is 1.60 bits per heavy atom. The molecule has 214 valence electrons. The zero-order valence-electron chi connectivity index (χ0n) is 23.9. The molecule has 42 heavy (non-hydrogen) atoms. The maximum absolute atomic E-state index is 13.2. The molecule has 1 aliphatic rings. The van der Waals surface area contributed by atoms with Gasteiger partial charge in [0.2, 0.25) is 0 Å². The first-order valence-electron chi connectivity index (χ1n) is 13.5. The third kappa shape index (κ3) is 5.46. The van der Waals surface area contributed by atoms with Crippen LogP contribution in [0.25, 0.3) is 11.1 Å². The molecule has 0 fully saturated rings. The Morgan fingerprint density at radius 3 is 2.21 bits per heavy atom. The highest BCUT2D eigenvalue weighted by atomic mass is 16.5. The molecular weight excluding hydrogens is 532 g/mol. The van der Waals surface area contributed by atoms with Crippen molar-refractivity contribution in [3.63, 3.8) is 0 Å². The number of carbonyl (C=O) groups is 1. The first-order chi connectivity index (χ1) is 20.5. The number of nitrogens with one attached hydrogen (secondary N) is 3. The summed E-state index contributed by atoms with van der Waals surface area (Å²) < 4.78 is 17.1. The molecule has 0 spiro atoms. The van der Waals surface area contributed by atoms with Gasteiger partial charge < -0.3 is 29.7 Å². The number of nitrogens with zero attached hydrogens (tertiary/aromatic N) is 3. The first-order valence-corrected chi connectivity index (χ1v) is 13.5. The summed E-state index contributed by atoms with van der Waals surface area (Å²) in [6, 6.07) is 22.1. The standard InChI is InChI=1S/C32H32N6O4/c1-5-38(6-2)26-17-18-27-30(29(26)37-34-19-33)36-28-24(20-7-11-22(40-3)12-8-20)15-16-25(31(28)42-27)35-32(39)21-9-13-23(41-4)14-10-21/h7-19,33,36H,5-6H2,1-4H3,(H,35,39). The van der Waals surface area contributed by atoms with Crippen LogP contribution in [0.5, 0.6) is 23.0 Å². The fourth-order valence-electron chi connectivity index (χ4n) is 4.87. The van der Waals surface area contributed by atoms with Gasteiger partial charge in [-0.1, -0.05) is 12.1 Å². The van der Waals surface area contributed by atoms with Crippen molar-refractivity contribution in [3.05, 3.63) is 78.4 Å². The second-order valence-corrected chi connectivity index (χ2v) is 9.33. The third-order valence-electron chi connectivity index (χ3n) is 7.06. The SMILES string of the molecule is CCN(CC)c1ccc2c(c1N=NC=N)Nc1c(-c3ccc(OC)cc3)ccc(NC(=O)c3ccc(OC)cc3)c1O2. The van der Waals surface area contributed by atoms with Crippen LogP contribution in [0.3, 0.4) is 0 Å². The summed E-state index contributed by atoms with van der Waals surface area (Å²) in [4.78, 5) is 15.4. The molecule has 3 N–H and O–H groups in total. The second-order valence-electron chi connectivity index (χ2n) is 9.33. The fourth-order valence-corrected chi connectivity index (χ4v) is 4.87. The van der Waals surface area contributed by atoms with Crippen molar-refractivity contribution in [2.75, 3.05) is 42.8 Å². The van der Waals surface area contributed by atoms with Crippen LogP contribution in [0.4, 0.5) is 28.4 Å². The van der Waals surface area contributed by atoms with Crippen LogP contribution in [-0.2, 0) is 0 Å². The van der Waals surface area contributed by atoms with Gasteiger partial charge in [0.15, 0.2) is 11.5 Å². The highest BCUT2D eigenvalue weighted by molar-refractivity contribution is 6.07. The molecule has 0 atom stereocenters. The van der Waals surface area contributed by atoms with Crippen molar-refractivity contribution in [1.82, 2.24) is 0 Å². The highest BCUT2D eigenvalue weighted by Crippen LogP contribution is 2.55. The number of azo groups is 1. The van der Waals surface area contributed by atoms with Gasteiger partial charge in [-0.25, -0.2) is 0 Å². The molecule has 10 nitrogen and oxygen atoms in total. The van der Waals surface area contributed by atoms with E-state index in [1.165, 1.54) is 0 Å². The molecule has 5 rings (SSSR count). The van der Waals surface area contributed by atoms with E-state index in [1.807, 2.05) is 48.5 Å². The monoisotopic (exact) mass is 564 g/mol.